The minimum atomic E-state index is 0. The normalized spacial score (nSPS) is 10.3. The Bertz CT molecular complexity index is 704. The SMILES string of the molecule is Oc1ccc(C[SH+]Cc2cccc3ccccc23)cc1.[Cl-]. The third-order valence-corrected chi connectivity index (χ3v) is 4.55. The number of halogens is 1. The smallest absolute Gasteiger partial charge is 0.131 e. The molecule has 0 aromatic heterocycles. The summed E-state index contributed by atoms with van der Waals surface area (Å²) in [7, 11) is 0. The van der Waals surface area contributed by atoms with Crippen molar-refractivity contribution in [2.45, 2.75) is 11.5 Å². The molecule has 0 fully saturated rings. The standard InChI is InChI=1S/C18H16OS.ClH/c19-17-10-8-14(9-11-17)12-20-13-16-6-3-5-15-4-1-2-7-18(15)16;/h1-11,19H,12-13H2;1H. The van der Waals surface area contributed by atoms with Crippen molar-refractivity contribution in [2.75, 3.05) is 0 Å². The molecule has 0 spiro atoms. The second-order valence-corrected chi connectivity index (χ2v) is 5.92. The average molecular weight is 317 g/mol. The largest absolute Gasteiger partial charge is 1.00 e. The number of phenolic OH excluding ortho intramolecular Hbond substituents is 1. The fraction of sp³-hybridized carbons (Fsp3) is 0.111. The second kappa shape index (κ2) is 7.39. The van der Waals surface area contributed by atoms with E-state index in [0.29, 0.717) is 5.75 Å². The maximum absolute atomic E-state index is 9.28. The molecule has 1 nitrogen and oxygen atoms in total. The summed E-state index contributed by atoms with van der Waals surface area (Å²) < 4.78 is 0. The molecule has 0 saturated carbocycles. The maximum atomic E-state index is 9.28. The van der Waals surface area contributed by atoms with Crippen LogP contribution in [-0.4, -0.2) is 5.11 Å². The zero-order valence-electron chi connectivity index (χ0n) is 11.5. The summed E-state index contributed by atoms with van der Waals surface area (Å²) in [6.07, 6.45) is 0. The van der Waals surface area contributed by atoms with E-state index < -0.39 is 0 Å². The number of hydrogen-bond donors (Lipinski definition) is 1. The van der Waals surface area contributed by atoms with E-state index in [4.69, 9.17) is 0 Å². The van der Waals surface area contributed by atoms with Gasteiger partial charge >= 0.3 is 0 Å². The quantitative estimate of drug-likeness (QED) is 0.564. The third kappa shape index (κ3) is 3.93. The fourth-order valence-electron chi connectivity index (χ4n) is 2.34. The van der Waals surface area contributed by atoms with Crippen LogP contribution in [0.5, 0.6) is 5.75 Å². The van der Waals surface area contributed by atoms with Crippen molar-refractivity contribution in [1.82, 2.24) is 0 Å². The average Bonchev–Trinajstić information content (AvgIpc) is 2.49. The number of fused-ring (bicyclic) bond motifs is 1. The lowest BCUT2D eigenvalue weighted by molar-refractivity contribution is -0.00000495. The van der Waals surface area contributed by atoms with E-state index in [1.165, 1.54) is 33.7 Å². The Morgan fingerprint density at radius 3 is 2.29 bits per heavy atom. The lowest BCUT2D eigenvalue weighted by Gasteiger charge is -2.02. The van der Waals surface area contributed by atoms with Gasteiger partial charge in [-0.05, 0) is 34.7 Å². The maximum Gasteiger partial charge on any atom is 0.131 e. The van der Waals surface area contributed by atoms with Crippen molar-refractivity contribution in [3.63, 3.8) is 0 Å². The van der Waals surface area contributed by atoms with Gasteiger partial charge in [-0.2, -0.15) is 0 Å². The lowest BCUT2D eigenvalue weighted by atomic mass is 10.1. The highest BCUT2D eigenvalue weighted by Crippen LogP contribution is 2.20. The highest BCUT2D eigenvalue weighted by atomic mass is 35.5. The van der Waals surface area contributed by atoms with Gasteiger partial charge in [-0.25, -0.2) is 0 Å². The predicted molar refractivity (Wildman–Crippen MR) is 88.2 cm³/mol. The summed E-state index contributed by atoms with van der Waals surface area (Å²) in [5.41, 5.74) is 2.67. The van der Waals surface area contributed by atoms with Crippen LogP contribution >= 0.6 is 0 Å². The molecule has 0 amide bonds. The molecule has 0 heterocycles. The van der Waals surface area contributed by atoms with Gasteiger partial charge < -0.3 is 17.5 Å². The van der Waals surface area contributed by atoms with Gasteiger partial charge in [0.05, 0.1) is 0 Å². The summed E-state index contributed by atoms with van der Waals surface area (Å²) in [5, 5.41) is 11.9. The molecule has 0 bridgehead atoms. The van der Waals surface area contributed by atoms with E-state index in [9.17, 15) is 5.11 Å². The molecule has 3 heteroatoms. The molecule has 1 N–H and O–H groups in total. The molecule has 0 aliphatic heterocycles. The molecule has 0 aliphatic rings. The van der Waals surface area contributed by atoms with E-state index in [1.807, 2.05) is 12.1 Å². The molecule has 0 radical (unpaired) electrons. The van der Waals surface area contributed by atoms with Gasteiger partial charge in [0.25, 0.3) is 0 Å². The zero-order valence-corrected chi connectivity index (χ0v) is 13.2. The summed E-state index contributed by atoms with van der Waals surface area (Å²) in [5.74, 6) is 2.41. The first-order valence-corrected chi connectivity index (χ1v) is 7.97. The Morgan fingerprint density at radius 2 is 1.48 bits per heavy atom. The fourth-order valence-corrected chi connectivity index (χ4v) is 3.43. The number of benzene rings is 3. The number of aromatic hydroxyl groups is 1. The summed E-state index contributed by atoms with van der Waals surface area (Å²) in [6.45, 7) is 0. The Labute approximate surface area is 135 Å². The van der Waals surface area contributed by atoms with Crippen LogP contribution in [0.15, 0.2) is 66.7 Å². The third-order valence-electron chi connectivity index (χ3n) is 3.39. The van der Waals surface area contributed by atoms with Gasteiger partial charge in [0.15, 0.2) is 0 Å². The Kier molecular flexibility index (Phi) is 5.54. The van der Waals surface area contributed by atoms with Crippen molar-refractivity contribution in [2.24, 2.45) is 0 Å². The number of hydrogen-bond acceptors (Lipinski definition) is 1. The number of rotatable bonds is 4. The molecule has 0 aliphatic carbocycles. The van der Waals surface area contributed by atoms with Gasteiger partial charge in [-0.1, -0.05) is 54.6 Å². The van der Waals surface area contributed by atoms with Gasteiger partial charge in [0.1, 0.15) is 17.3 Å². The molecule has 0 atom stereocenters. The molecule has 0 unspecified atom stereocenters. The highest BCUT2D eigenvalue weighted by molar-refractivity contribution is 7.76. The highest BCUT2D eigenvalue weighted by Gasteiger charge is 2.06. The van der Waals surface area contributed by atoms with Crippen molar-refractivity contribution in [3.05, 3.63) is 77.9 Å². The first-order valence-electron chi connectivity index (χ1n) is 6.71. The van der Waals surface area contributed by atoms with Crippen molar-refractivity contribution >= 4 is 22.5 Å². The van der Waals surface area contributed by atoms with Gasteiger partial charge in [-0.15, -0.1) is 0 Å². The van der Waals surface area contributed by atoms with Crippen LogP contribution in [0.25, 0.3) is 10.8 Å². The van der Waals surface area contributed by atoms with Crippen molar-refractivity contribution in [3.8, 4) is 5.75 Å². The summed E-state index contributed by atoms with van der Waals surface area (Å²) in [4.78, 5) is 0. The van der Waals surface area contributed by atoms with Crippen LogP contribution in [0.2, 0.25) is 0 Å². The van der Waals surface area contributed by atoms with E-state index >= 15 is 0 Å². The van der Waals surface area contributed by atoms with Gasteiger partial charge in [-0.3, -0.25) is 0 Å². The molecule has 0 saturated heterocycles. The first kappa shape index (κ1) is 15.7. The molecular weight excluding hydrogens is 300 g/mol. The Morgan fingerprint density at radius 1 is 0.762 bits per heavy atom. The molecule has 21 heavy (non-hydrogen) atoms. The van der Waals surface area contributed by atoms with Crippen LogP contribution in [0.1, 0.15) is 11.1 Å². The zero-order chi connectivity index (χ0) is 13.8. The Hall–Kier alpha value is -1.64. The number of thiol groups is 1. The molecule has 108 valence electrons. The number of phenols is 1. The van der Waals surface area contributed by atoms with Crippen LogP contribution in [0, 0.1) is 0 Å². The Balaban J connectivity index is 0.00000161. The monoisotopic (exact) mass is 316 g/mol. The topological polar surface area (TPSA) is 20.2 Å². The molecule has 3 rings (SSSR count). The van der Waals surface area contributed by atoms with Gasteiger partial charge in [0, 0.05) is 11.1 Å². The minimum absolute atomic E-state index is 0. The minimum Gasteiger partial charge on any atom is -1.00 e. The van der Waals surface area contributed by atoms with Crippen molar-refractivity contribution in [1.29, 1.82) is 0 Å². The second-order valence-electron chi connectivity index (χ2n) is 4.84. The van der Waals surface area contributed by atoms with Crippen LogP contribution in [-0.2, 0) is 23.3 Å². The lowest BCUT2D eigenvalue weighted by Crippen LogP contribution is -3.00. The molecule has 3 aromatic rings. The summed E-state index contributed by atoms with van der Waals surface area (Å²) >= 11 is 1.38. The molecular formula is C18H17ClOS. The van der Waals surface area contributed by atoms with Crippen molar-refractivity contribution < 1.29 is 17.5 Å². The van der Waals surface area contributed by atoms with Gasteiger partial charge in [0.2, 0.25) is 0 Å². The van der Waals surface area contributed by atoms with Crippen LogP contribution in [0.4, 0.5) is 0 Å². The van der Waals surface area contributed by atoms with E-state index in [0.717, 1.165) is 11.5 Å². The van der Waals surface area contributed by atoms with E-state index in [1.54, 1.807) is 12.1 Å². The van der Waals surface area contributed by atoms with E-state index in [2.05, 4.69) is 42.5 Å². The van der Waals surface area contributed by atoms with Crippen LogP contribution in [0.3, 0.4) is 0 Å². The predicted octanol–water partition coefficient (Wildman–Crippen LogP) is 1.06. The molecule has 3 aromatic carbocycles. The van der Waals surface area contributed by atoms with E-state index in [-0.39, 0.29) is 12.4 Å². The summed E-state index contributed by atoms with van der Waals surface area (Å²) in [6, 6.07) is 22.5. The first-order chi connectivity index (χ1) is 9.83. The van der Waals surface area contributed by atoms with Crippen LogP contribution < -0.4 is 12.4 Å².